The zero-order valence-corrected chi connectivity index (χ0v) is 15.4. The molecule has 124 valence electrons. The summed E-state index contributed by atoms with van der Waals surface area (Å²) in [5.74, 6) is 4.41. The van der Waals surface area contributed by atoms with Crippen LogP contribution in [0, 0.1) is 11.8 Å². The van der Waals surface area contributed by atoms with Gasteiger partial charge in [0.05, 0.1) is 11.2 Å². The quantitative estimate of drug-likeness (QED) is 0.777. The largest absolute Gasteiger partial charge is 0.494 e. The molecule has 3 aliphatic rings. The van der Waals surface area contributed by atoms with E-state index in [1.807, 2.05) is 0 Å². The van der Waals surface area contributed by atoms with Crippen LogP contribution in [0.3, 0.4) is 0 Å². The molecule has 0 N–H and O–H groups in total. The second-order valence-electron chi connectivity index (χ2n) is 8.15. The monoisotopic (exact) mass is 331 g/mol. The minimum Gasteiger partial charge on any atom is -0.399 e. The van der Waals surface area contributed by atoms with Crippen LogP contribution < -0.4 is 10.4 Å². The van der Waals surface area contributed by atoms with Gasteiger partial charge >= 0.3 is 7.12 Å². The van der Waals surface area contributed by atoms with Crippen molar-refractivity contribution in [1.29, 1.82) is 0 Å². The fourth-order valence-corrected chi connectivity index (χ4v) is 5.24. The molecule has 4 rings (SSSR count). The Morgan fingerprint density at radius 3 is 2.26 bits per heavy atom. The van der Waals surface area contributed by atoms with Crippen molar-refractivity contribution in [2.75, 3.05) is 29.5 Å². The Bertz CT molecular complexity index is 578. The molecule has 0 radical (unpaired) electrons. The summed E-state index contributed by atoms with van der Waals surface area (Å²) in [7, 11) is -0.266. The Balaban J connectivity index is 1.54. The summed E-state index contributed by atoms with van der Waals surface area (Å²) in [6.07, 6.45) is 0. The van der Waals surface area contributed by atoms with Gasteiger partial charge in [0.25, 0.3) is 0 Å². The number of hydrogen-bond donors (Lipinski definition) is 0. The lowest BCUT2D eigenvalue weighted by Gasteiger charge is -2.32. The van der Waals surface area contributed by atoms with Crippen LogP contribution in [0.15, 0.2) is 24.3 Å². The highest BCUT2D eigenvalue weighted by Crippen LogP contribution is 2.39. The molecule has 3 heterocycles. The van der Waals surface area contributed by atoms with E-state index in [1.54, 1.807) is 0 Å². The van der Waals surface area contributed by atoms with Crippen molar-refractivity contribution >= 4 is 30.0 Å². The van der Waals surface area contributed by atoms with Gasteiger partial charge in [-0.15, -0.1) is 0 Å². The molecule has 0 amide bonds. The van der Waals surface area contributed by atoms with Crippen molar-refractivity contribution in [1.82, 2.24) is 0 Å². The molecule has 2 unspecified atom stereocenters. The number of thioether (sulfide) groups is 1. The number of anilines is 1. The molecule has 0 spiro atoms. The van der Waals surface area contributed by atoms with Crippen LogP contribution in [0.1, 0.15) is 27.7 Å². The minimum absolute atomic E-state index is 0.266. The number of nitrogens with zero attached hydrogens (tertiary/aromatic N) is 1. The average Bonchev–Trinajstić information content (AvgIpc) is 3.11. The highest BCUT2D eigenvalue weighted by atomic mass is 32.2. The number of hydrogen-bond acceptors (Lipinski definition) is 4. The van der Waals surface area contributed by atoms with E-state index in [0.717, 1.165) is 17.3 Å². The molecule has 1 aromatic carbocycles. The van der Waals surface area contributed by atoms with Gasteiger partial charge in [-0.05, 0) is 68.6 Å². The third-order valence-corrected chi connectivity index (χ3v) is 7.33. The zero-order chi connectivity index (χ0) is 16.2. The van der Waals surface area contributed by atoms with Gasteiger partial charge in [0.15, 0.2) is 0 Å². The van der Waals surface area contributed by atoms with Gasteiger partial charge in [0, 0.05) is 18.8 Å². The molecule has 3 aliphatic heterocycles. The summed E-state index contributed by atoms with van der Waals surface area (Å²) in [4.78, 5) is 2.55. The number of fused-ring (bicyclic) bond motifs is 1. The highest BCUT2D eigenvalue weighted by molar-refractivity contribution is 7.99. The maximum Gasteiger partial charge on any atom is 0.494 e. The first-order valence-corrected chi connectivity index (χ1v) is 9.79. The summed E-state index contributed by atoms with van der Waals surface area (Å²) >= 11 is 2.12. The second kappa shape index (κ2) is 5.43. The molecule has 23 heavy (non-hydrogen) atoms. The molecule has 0 saturated carbocycles. The van der Waals surface area contributed by atoms with Crippen LogP contribution >= 0.6 is 11.8 Å². The second-order valence-corrected chi connectivity index (χ2v) is 9.22. The van der Waals surface area contributed by atoms with Crippen LogP contribution in [-0.4, -0.2) is 42.9 Å². The predicted molar refractivity (Wildman–Crippen MR) is 98.7 cm³/mol. The maximum absolute atomic E-state index is 6.20. The lowest BCUT2D eigenvalue weighted by molar-refractivity contribution is 0.00578. The molecular weight excluding hydrogens is 305 g/mol. The van der Waals surface area contributed by atoms with E-state index in [1.165, 1.54) is 30.3 Å². The number of benzene rings is 1. The third-order valence-electron chi connectivity index (χ3n) is 6.00. The van der Waals surface area contributed by atoms with E-state index < -0.39 is 0 Å². The van der Waals surface area contributed by atoms with Gasteiger partial charge in [-0.3, -0.25) is 0 Å². The molecule has 2 atom stereocenters. The topological polar surface area (TPSA) is 21.7 Å². The molecule has 3 saturated heterocycles. The van der Waals surface area contributed by atoms with Crippen LogP contribution in [0.5, 0.6) is 0 Å². The van der Waals surface area contributed by atoms with E-state index in [9.17, 15) is 0 Å². The van der Waals surface area contributed by atoms with Crippen LogP contribution in [0.4, 0.5) is 5.69 Å². The Labute approximate surface area is 144 Å². The van der Waals surface area contributed by atoms with Crippen molar-refractivity contribution in [3.8, 4) is 0 Å². The van der Waals surface area contributed by atoms with Gasteiger partial charge in [0.2, 0.25) is 0 Å². The Kier molecular flexibility index (Phi) is 3.75. The lowest BCUT2D eigenvalue weighted by Crippen LogP contribution is -2.41. The normalized spacial score (nSPS) is 31.7. The van der Waals surface area contributed by atoms with Crippen molar-refractivity contribution < 1.29 is 9.31 Å². The Morgan fingerprint density at radius 1 is 1.04 bits per heavy atom. The van der Waals surface area contributed by atoms with Crippen molar-refractivity contribution in [2.45, 2.75) is 38.9 Å². The van der Waals surface area contributed by atoms with Crippen LogP contribution in [0.2, 0.25) is 0 Å². The van der Waals surface area contributed by atoms with E-state index in [2.05, 4.69) is 68.6 Å². The van der Waals surface area contributed by atoms with Gasteiger partial charge in [-0.1, -0.05) is 12.1 Å². The molecule has 3 nitrogen and oxygen atoms in total. The van der Waals surface area contributed by atoms with Gasteiger partial charge in [0.1, 0.15) is 0 Å². The molecule has 0 aliphatic carbocycles. The van der Waals surface area contributed by atoms with Gasteiger partial charge < -0.3 is 14.2 Å². The fourth-order valence-electron chi connectivity index (χ4n) is 3.75. The molecule has 0 aromatic heterocycles. The van der Waals surface area contributed by atoms with Crippen molar-refractivity contribution in [2.24, 2.45) is 11.8 Å². The van der Waals surface area contributed by atoms with E-state index >= 15 is 0 Å². The summed E-state index contributed by atoms with van der Waals surface area (Å²) in [5, 5.41) is 0. The van der Waals surface area contributed by atoms with Gasteiger partial charge in [-0.25, -0.2) is 0 Å². The molecule has 3 fully saturated rings. The molecule has 5 heteroatoms. The summed E-state index contributed by atoms with van der Waals surface area (Å²) in [6.45, 7) is 10.8. The van der Waals surface area contributed by atoms with Crippen LogP contribution in [0.25, 0.3) is 0 Å². The standard InChI is InChI=1S/C18H26BNO2S/c1-17(2)18(3,4)22-19(21-17)15-6-5-7-16(8-15)20-9-13-11-23-12-14(13)10-20/h5-8,13-14H,9-12H2,1-4H3. The first-order chi connectivity index (χ1) is 10.9. The van der Waals surface area contributed by atoms with Gasteiger partial charge in [-0.2, -0.15) is 11.8 Å². The molecular formula is C18H26BNO2S. The van der Waals surface area contributed by atoms with Crippen LogP contribution in [-0.2, 0) is 9.31 Å². The average molecular weight is 331 g/mol. The summed E-state index contributed by atoms with van der Waals surface area (Å²) < 4.78 is 12.4. The summed E-state index contributed by atoms with van der Waals surface area (Å²) in [6, 6.07) is 8.75. The first-order valence-electron chi connectivity index (χ1n) is 8.64. The smallest absolute Gasteiger partial charge is 0.399 e. The van der Waals surface area contributed by atoms with E-state index in [0.29, 0.717) is 0 Å². The SMILES string of the molecule is CC1(C)OB(c2cccc(N3CC4CSCC4C3)c2)OC1(C)C. The summed E-state index contributed by atoms with van der Waals surface area (Å²) in [5.41, 5.74) is 1.88. The third kappa shape index (κ3) is 2.71. The van der Waals surface area contributed by atoms with E-state index in [4.69, 9.17) is 9.31 Å². The fraction of sp³-hybridized carbons (Fsp3) is 0.667. The lowest BCUT2D eigenvalue weighted by atomic mass is 9.79. The van der Waals surface area contributed by atoms with Crippen molar-refractivity contribution in [3.05, 3.63) is 24.3 Å². The Morgan fingerprint density at radius 2 is 1.65 bits per heavy atom. The first kappa shape index (κ1) is 15.9. The predicted octanol–water partition coefficient (Wildman–Crippen LogP) is 2.79. The van der Waals surface area contributed by atoms with Crippen molar-refractivity contribution in [3.63, 3.8) is 0 Å². The Hall–Kier alpha value is -0.645. The minimum atomic E-state index is -0.282. The molecule has 0 bridgehead atoms. The van der Waals surface area contributed by atoms with E-state index in [-0.39, 0.29) is 18.3 Å². The maximum atomic E-state index is 6.20. The molecule has 1 aromatic rings. The zero-order valence-electron chi connectivity index (χ0n) is 14.5. The highest BCUT2D eigenvalue weighted by Gasteiger charge is 2.51. The number of rotatable bonds is 2.